The van der Waals surface area contributed by atoms with Gasteiger partial charge in [0.2, 0.25) is 15.6 Å². The first-order valence-corrected chi connectivity index (χ1v) is 18.7. The van der Waals surface area contributed by atoms with Crippen LogP contribution in [0, 0.1) is 0 Å². The Labute approximate surface area is 251 Å². The molecule has 226 valence electrons. The van der Waals surface area contributed by atoms with Crippen LogP contribution in [-0.4, -0.2) is 34.6 Å². The summed E-state index contributed by atoms with van der Waals surface area (Å²) in [4.78, 5) is 14.1. The molecule has 0 amide bonds. The second kappa shape index (κ2) is 13.3. The van der Waals surface area contributed by atoms with Gasteiger partial charge in [0, 0.05) is 22.2 Å². The van der Waals surface area contributed by atoms with Gasteiger partial charge < -0.3 is 18.6 Å². The van der Waals surface area contributed by atoms with Crippen LogP contribution in [0.5, 0.6) is 17.2 Å². The summed E-state index contributed by atoms with van der Waals surface area (Å²) in [6, 6.07) is 21.7. The van der Waals surface area contributed by atoms with E-state index in [0.29, 0.717) is 33.4 Å². The second-order valence-corrected chi connectivity index (χ2v) is 18.9. The van der Waals surface area contributed by atoms with E-state index in [1.54, 1.807) is 63.4 Å². The standard InChI is InChI=1S/C33H44NO6PSi/c1-10-22-39-30-23-27(28(24-29(30)37-7)40-42(8,9)32(3,4)5)33(6,31(35)38-11-2)34-41(36,25-18-14-12-15-19-25)26-20-16-13-17-21-26/h10,12-21,23-24H,1,11,22H2,2-9H3,(H,34,36)/t33-/m1/s1. The quantitative estimate of drug-likeness (QED) is 0.0973. The Balaban J connectivity index is 2.38. The third-order valence-electron chi connectivity index (χ3n) is 7.64. The molecule has 3 rings (SSSR count). The first-order chi connectivity index (χ1) is 19.7. The minimum atomic E-state index is -3.63. The molecule has 0 saturated carbocycles. The summed E-state index contributed by atoms with van der Waals surface area (Å²) in [6.07, 6.45) is 1.63. The highest BCUT2D eigenvalue weighted by Gasteiger charge is 2.48. The van der Waals surface area contributed by atoms with Gasteiger partial charge in [0.15, 0.2) is 11.5 Å². The van der Waals surface area contributed by atoms with Crippen molar-refractivity contribution in [3.8, 4) is 17.2 Å². The van der Waals surface area contributed by atoms with Gasteiger partial charge in [0.1, 0.15) is 17.9 Å². The largest absolute Gasteiger partial charge is 0.543 e. The highest BCUT2D eigenvalue weighted by molar-refractivity contribution is 7.77. The molecule has 9 heteroatoms. The van der Waals surface area contributed by atoms with E-state index in [-0.39, 0.29) is 18.3 Å². The van der Waals surface area contributed by atoms with Crippen molar-refractivity contribution in [1.82, 2.24) is 5.09 Å². The summed E-state index contributed by atoms with van der Waals surface area (Å²) >= 11 is 0. The smallest absolute Gasteiger partial charge is 0.331 e. The monoisotopic (exact) mass is 609 g/mol. The Bertz CT molecular complexity index is 1380. The zero-order valence-electron chi connectivity index (χ0n) is 26.0. The van der Waals surface area contributed by atoms with E-state index < -0.39 is 27.1 Å². The lowest BCUT2D eigenvalue weighted by Gasteiger charge is -2.40. The van der Waals surface area contributed by atoms with Crippen molar-refractivity contribution in [3.05, 3.63) is 91.0 Å². The molecule has 0 heterocycles. The number of carbonyl (C=O) groups excluding carboxylic acids is 1. The van der Waals surface area contributed by atoms with Gasteiger partial charge in [-0.3, -0.25) is 4.57 Å². The van der Waals surface area contributed by atoms with Crippen LogP contribution >= 0.6 is 7.29 Å². The SMILES string of the molecule is C=CCOc1cc([C@@](C)(NP(=O)(c2ccccc2)c2ccccc2)C(=O)OCC)c(O[Si](C)(C)C(C)(C)C)cc1OC. The summed E-state index contributed by atoms with van der Waals surface area (Å²) in [5.41, 5.74) is -1.20. The van der Waals surface area contributed by atoms with E-state index in [4.69, 9.17) is 18.6 Å². The Hall–Kier alpha value is -3.32. The fourth-order valence-corrected chi connectivity index (χ4v) is 7.83. The molecule has 1 atom stereocenters. The van der Waals surface area contributed by atoms with E-state index in [2.05, 4.69) is 45.5 Å². The van der Waals surface area contributed by atoms with E-state index in [0.717, 1.165) is 0 Å². The Morgan fingerprint density at radius 3 is 1.93 bits per heavy atom. The number of ether oxygens (including phenoxy) is 3. The molecule has 0 fully saturated rings. The van der Waals surface area contributed by atoms with E-state index in [1.807, 2.05) is 36.4 Å². The molecule has 0 bridgehead atoms. The van der Waals surface area contributed by atoms with Gasteiger partial charge in [0.05, 0.1) is 13.7 Å². The number of carbonyl (C=O) groups is 1. The maximum absolute atomic E-state index is 15.2. The van der Waals surface area contributed by atoms with Crippen LogP contribution in [-0.2, 0) is 19.6 Å². The zero-order valence-corrected chi connectivity index (χ0v) is 27.9. The minimum Gasteiger partial charge on any atom is -0.543 e. The highest BCUT2D eigenvalue weighted by atomic mass is 31.2. The number of esters is 1. The molecule has 0 unspecified atom stereocenters. The summed E-state index contributed by atoms with van der Waals surface area (Å²) < 4.78 is 39.4. The molecular weight excluding hydrogens is 565 g/mol. The molecule has 0 aliphatic carbocycles. The number of methoxy groups -OCH3 is 1. The predicted molar refractivity (Wildman–Crippen MR) is 173 cm³/mol. The number of hydrogen-bond acceptors (Lipinski definition) is 6. The predicted octanol–water partition coefficient (Wildman–Crippen LogP) is 6.94. The highest BCUT2D eigenvalue weighted by Crippen LogP contribution is 2.49. The lowest BCUT2D eigenvalue weighted by molar-refractivity contribution is -0.150. The van der Waals surface area contributed by atoms with Gasteiger partial charge in [-0.25, -0.2) is 9.88 Å². The molecule has 0 spiro atoms. The summed E-state index contributed by atoms with van der Waals surface area (Å²) in [6.45, 7) is 18.2. The van der Waals surface area contributed by atoms with Crippen molar-refractivity contribution in [3.63, 3.8) is 0 Å². The van der Waals surface area contributed by atoms with Crippen molar-refractivity contribution in [2.24, 2.45) is 0 Å². The summed E-state index contributed by atoms with van der Waals surface area (Å²) in [5, 5.41) is 4.28. The molecule has 0 aromatic heterocycles. The third kappa shape index (κ3) is 7.00. The average Bonchev–Trinajstić information content (AvgIpc) is 2.96. The second-order valence-electron chi connectivity index (χ2n) is 11.7. The molecule has 1 N–H and O–H groups in total. The van der Waals surface area contributed by atoms with Crippen LogP contribution in [0.4, 0.5) is 0 Å². The number of rotatable bonds is 13. The molecule has 0 saturated heterocycles. The van der Waals surface area contributed by atoms with E-state index in [9.17, 15) is 4.79 Å². The van der Waals surface area contributed by atoms with Crippen molar-refractivity contribution in [2.45, 2.75) is 58.3 Å². The lowest BCUT2D eigenvalue weighted by Crippen LogP contribution is -2.50. The van der Waals surface area contributed by atoms with Gasteiger partial charge in [0.25, 0.3) is 0 Å². The Morgan fingerprint density at radius 1 is 0.929 bits per heavy atom. The fourth-order valence-electron chi connectivity index (χ4n) is 4.23. The molecular formula is C33H44NO6PSi. The summed E-state index contributed by atoms with van der Waals surface area (Å²) in [5.74, 6) is 0.661. The molecule has 42 heavy (non-hydrogen) atoms. The fraction of sp³-hybridized carbons (Fsp3) is 0.364. The molecule has 0 aliphatic rings. The number of benzene rings is 3. The maximum atomic E-state index is 15.2. The molecule has 3 aromatic rings. The van der Waals surface area contributed by atoms with Crippen molar-refractivity contribution in [1.29, 1.82) is 0 Å². The van der Waals surface area contributed by atoms with Gasteiger partial charge in [-0.15, -0.1) is 0 Å². The van der Waals surface area contributed by atoms with Crippen LogP contribution in [0.15, 0.2) is 85.5 Å². The van der Waals surface area contributed by atoms with E-state index >= 15 is 4.57 Å². The van der Waals surface area contributed by atoms with Gasteiger partial charge in [-0.1, -0.05) is 69.8 Å². The topological polar surface area (TPSA) is 83.1 Å². The molecule has 3 aromatic carbocycles. The summed E-state index contributed by atoms with van der Waals surface area (Å²) in [7, 11) is -4.52. The number of hydrogen-bond donors (Lipinski definition) is 1. The molecule has 7 nitrogen and oxygen atoms in total. The third-order valence-corrected chi connectivity index (χ3v) is 14.8. The average molecular weight is 610 g/mol. The molecule has 0 aliphatic heterocycles. The Morgan fingerprint density at radius 2 is 1.48 bits per heavy atom. The van der Waals surface area contributed by atoms with E-state index in [1.165, 1.54) is 0 Å². The lowest BCUT2D eigenvalue weighted by atomic mass is 9.92. The van der Waals surface area contributed by atoms with Gasteiger partial charge in [-0.05, 0) is 62.3 Å². The van der Waals surface area contributed by atoms with Gasteiger partial charge >= 0.3 is 5.97 Å². The van der Waals surface area contributed by atoms with Crippen LogP contribution in [0.25, 0.3) is 0 Å². The maximum Gasteiger partial charge on any atom is 0.331 e. The minimum absolute atomic E-state index is 0.130. The zero-order chi connectivity index (χ0) is 31.2. The van der Waals surface area contributed by atoms with Crippen LogP contribution in [0.1, 0.15) is 40.2 Å². The van der Waals surface area contributed by atoms with Crippen LogP contribution in [0.3, 0.4) is 0 Å². The van der Waals surface area contributed by atoms with Crippen LogP contribution < -0.4 is 29.6 Å². The van der Waals surface area contributed by atoms with Crippen molar-refractivity contribution in [2.75, 3.05) is 20.3 Å². The van der Waals surface area contributed by atoms with Crippen LogP contribution in [0.2, 0.25) is 18.1 Å². The normalized spacial score (nSPS) is 13.5. The first kappa shape index (κ1) is 33.2. The van der Waals surface area contributed by atoms with Crippen molar-refractivity contribution >= 4 is 32.2 Å². The number of nitrogens with one attached hydrogen (secondary N) is 1. The Kier molecular flexibility index (Phi) is 10.5. The molecule has 0 radical (unpaired) electrons. The van der Waals surface area contributed by atoms with Gasteiger partial charge in [-0.2, -0.15) is 0 Å². The van der Waals surface area contributed by atoms with Crippen molar-refractivity contribution < 1.29 is 28.0 Å². The first-order valence-electron chi connectivity index (χ1n) is 14.1.